The Bertz CT molecular complexity index is 1270. The highest BCUT2D eigenvalue weighted by atomic mass is 32.2. The number of carbonyl (C=O) groups is 1. The fourth-order valence-corrected chi connectivity index (χ4v) is 4.23. The SMILES string of the molecule is Cc1cc(NC(=O)C(C)Sc2nc(C3CC3)nc3c2c(=O)[nH]c(=O)n3C2CC2)on1. The third-order valence-corrected chi connectivity index (χ3v) is 6.24. The topological polar surface area (TPSA) is 136 Å². The van der Waals surface area contributed by atoms with Crippen molar-refractivity contribution >= 4 is 34.6 Å². The standard InChI is InChI=1S/C19H20N6O4S/c1-8-7-12(29-24-8)20-16(26)9(2)30-18-13-15(21-14(22-18)10-3-4-10)25(11-5-6-11)19(28)23-17(13)27/h7,9-11H,3-6H2,1-2H3,(H,20,26)(H,23,27,28). The molecule has 3 aromatic rings. The van der Waals surface area contributed by atoms with Crippen LogP contribution in [0, 0.1) is 6.92 Å². The molecular formula is C19H20N6O4S. The van der Waals surface area contributed by atoms with Crippen LogP contribution in [0.2, 0.25) is 0 Å². The number of nitrogens with zero attached hydrogens (tertiary/aromatic N) is 4. The maximum atomic E-state index is 12.7. The van der Waals surface area contributed by atoms with Gasteiger partial charge in [-0.05, 0) is 39.5 Å². The molecule has 0 radical (unpaired) electrons. The lowest BCUT2D eigenvalue weighted by Gasteiger charge is -2.14. The van der Waals surface area contributed by atoms with Crippen molar-refractivity contribution < 1.29 is 9.32 Å². The van der Waals surface area contributed by atoms with E-state index < -0.39 is 16.5 Å². The van der Waals surface area contributed by atoms with Crippen LogP contribution < -0.4 is 16.6 Å². The number of nitrogens with one attached hydrogen (secondary N) is 2. The van der Waals surface area contributed by atoms with Crippen molar-refractivity contribution in [2.45, 2.75) is 61.8 Å². The van der Waals surface area contributed by atoms with Crippen LogP contribution in [0.3, 0.4) is 0 Å². The van der Waals surface area contributed by atoms with E-state index >= 15 is 0 Å². The summed E-state index contributed by atoms with van der Waals surface area (Å²) in [6.07, 6.45) is 3.71. The van der Waals surface area contributed by atoms with Gasteiger partial charge in [-0.3, -0.25) is 24.5 Å². The molecule has 2 fully saturated rings. The first-order chi connectivity index (χ1) is 14.4. The van der Waals surface area contributed by atoms with Crippen LogP contribution in [0.4, 0.5) is 5.88 Å². The number of amides is 1. The van der Waals surface area contributed by atoms with Crippen molar-refractivity contribution in [3.8, 4) is 0 Å². The number of carbonyl (C=O) groups excluding carboxylic acids is 1. The maximum absolute atomic E-state index is 12.7. The van der Waals surface area contributed by atoms with Crippen molar-refractivity contribution in [1.29, 1.82) is 0 Å². The summed E-state index contributed by atoms with van der Waals surface area (Å²) in [7, 11) is 0. The third kappa shape index (κ3) is 3.53. The summed E-state index contributed by atoms with van der Waals surface area (Å²) in [5, 5.41) is 6.52. The van der Waals surface area contributed by atoms with Crippen molar-refractivity contribution in [2.24, 2.45) is 0 Å². The van der Waals surface area contributed by atoms with Crippen molar-refractivity contribution in [2.75, 3.05) is 5.32 Å². The largest absolute Gasteiger partial charge is 0.338 e. The summed E-state index contributed by atoms with van der Waals surface area (Å²) in [5.41, 5.74) is 0.0447. The normalized spacial score (nSPS) is 17.3. The number of aryl methyl sites for hydroxylation is 1. The highest BCUT2D eigenvalue weighted by Gasteiger charge is 2.33. The second-order valence-electron chi connectivity index (χ2n) is 7.80. The number of aromatic nitrogens is 5. The molecule has 1 amide bonds. The van der Waals surface area contributed by atoms with Gasteiger partial charge in [0.2, 0.25) is 11.8 Å². The molecule has 0 spiro atoms. The molecule has 10 nitrogen and oxygen atoms in total. The van der Waals surface area contributed by atoms with E-state index in [-0.39, 0.29) is 29.1 Å². The molecule has 3 heterocycles. The van der Waals surface area contributed by atoms with Gasteiger partial charge in [-0.1, -0.05) is 16.9 Å². The van der Waals surface area contributed by atoms with Crippen LogP contribution >= 0.6 is 11.8 Å². The van der Waals surface area contributed by atoms with Gasteiger partial charge in [-0.25, -0.2) is 14.8 Å². The minimum Gasteiger partial charge on any atom is -0.338 e. The minimum absolute atomic E-state index is 0.0482. The van der Waals surface area contributed by atoms with E-state index in [0.29, 0.717) is 22.2 Å². The molecule has 156 valence electrons. The van der Waals surface area contributed by atoms with Crippen LogP contribution in [0.1, 0.15) is 56.1 Å². The lowest BCUT2D eigenvalue weighted by Crippen LogP contribution is -2.31. The molecule has 2 aliphatic rings. The lowest BCUT2D eigenvalue weighted by molar-refractivity contribution is -0.115. The zero-order valence-electron chi connectivity index (χ0n) is 16.5. The van der Waals surface area contributed by atoms with Crippen molar-refractivity contribution in [3.05, 3.63) is 38.4 Å². The predicted molar refractivity (Wildman–Crippen MR) is 110 cm³/mol. The molecule has 2 N–H and O–H groups in total. The van der Waals surface area contributed by atoms with Gasteiger partial charge in [0.1, 0.15) is 16.2 Å². The molecule has 3 aromatic heterocycles. The van der Waals surface area contributed by atoms with Crippen LogP contribution in [0.15, 0.2) is 25.2 Å². The number of hydrogen-bond acceptors (Lipinski definition) is 8. The number of H-pyrrole nitrogens is 1. The van der Waals surface area contributed by atoms with E-state index in [2.05, 4.69) is 25.4 Å². The molecule has 0 aromatic carbocycles. The van der Waals surface area contributed by atoms with E-state index in [1.54, 1.807) is 24.5 Å². The zero-order chi connectivity index (χ0) is 21.0. The number of hydrogen-bond donors (Lipinski definition) is 2. The first-order valence-electron chi connectivity index (χ1n) is 9.88. The van der Waals surface area contributed by atoms with E-state index in [9.17, 15) is 14.4 Å². The van der Waals surface area contributed by atoms with Gasteiger partial charge < -0.3 is 4.52 Å². The molecule has 1 unspecified atom stereocenters. The summed E-state index contributed by atoms with van der Waals surface area (Å²) in [6.45, 7) is 3.48. The minimum atomic E-state index is -0.568. The summed E-state index contributed by atoms with van der Waals surface area (Å²) in [4.78, 5) is 49.3. The number of aromatic amines is 1. The van der Waals surface area contributed by atoms with Crippen LogP contribution in [-0.4, -0.2) is 35.8 Å². The number of fused-ring (bicyclic) bond motifs is 1. The van der Waals surface area contributed by atoms with Crippen LogP contribution in [0.5, 0.6) is 0 Å². The van der Waals surface area contributed by atoms with Crippen LogP contribution in [0.25, 0.3) is 11.0 Å². The second kappa shape index (κ2) is 7.08. The van der Waals surface area contributed by atoms with Crippen molar-refractivity contribution in [3.63, 3.8) is 0 Å². The average molecular weight is 428 g/mol. The van der Waals surface area contributed by atoms with Crippen molar-refractivity contribution in [1.82, 2.24) is 24.7 Å². The Balaban J connectivity index is 1.54. The Morgan fingerprint density at radius 3 is 2.70 bits per heavy atom. The number of anilines is 1. The maximum Gasteiger partial charge on any atom is 0.330 e. The molecule has 0 aliphatic heterocycles. The molecule has 5 rings (SSSR count). The molecule has 0 bridgehead atoms. The predicted octanol–water partition coefficient (Wildman–Crippen LogP) is 2.11. The van der Waals surface area contributed by atoms with Gasteiger partial charge in [0, 0.05) is 18.0 Å². The Kier molecular flexibility index (Phi) is 4.49. The van der Waals surface area contributed by atoms with E-state index in [0.717, 1.165) is 25.7 Å². The van der Waals surface area contributed by atoms with Gasteiger partial charge in [0.25, 0.3) is 5.56 Å². The third-order valence-electron chi connectivity index (χ3n) is 5.16. The number of rotatable bonds is 6. The fraction of sp³-hybridized carbons (Fsp3) is 0.474. The Hall–Kier alpha value is -2.95. The van der Waals surface area contributed by atoms with Gasteiger partial charge >= 0.3 is 5.69 Å². The van der Waals surface area contributed by atoms with Gasteiger partial charge in [-0.2, -0.15) is 0 Å². The monoisotopic (exact) mass is 428 g/mol. The second-order valence-corrected chi connectivity index (χ2v) is 9.13. The van der Waals surface area contributed by atoms with Gasteiger partial charge in [0.15, 0.2) is 5.65 Å². The first-order valence-corrected chi connectivity index (χ1v) is 10.8. The average Bonchev–Trinajstić information content (AvgIpc) is 3.60. The van der Waals surface area contributed by atoms with Gasteiger partial charge in [-0.15, -0.1) is 0 Å². The molecule has 2 aliphatic carbocycles. The molecule has 2 saturated carbocycles. The Morgan fingerprint density at radius 1 is 1.30 bits per heavy atom. The summed E-state index contributed by atoms with van der Waals surface area (Å²) in [6, 6.07) is 1.67. The summed E-state index contributed by atoms with van der Waals surface area (Å²) >= 11 is 1.17. The van der Waals surface area contributed by atoms with E-state index in [1.165, 1.54) is 11.8 Å². The van der Waals surface area contributed by atoms with E-state index in [4.69, 9.17) is 4.52 Å². The summed E-state index contributed by atoms with van der Waals surface area (Å²) in [5.74, 6) is 0.819. The van der Waals surface area contributed by atoms with Gasteiger partial charge in [0.05, 0.1) is 10.9 Å². The first kappa shape index (κ1) is 19.0. The fourth-order valence-electron chi connectivity index (χ4n) is 3.28. The van der Waals surface area contributed by atoms with Crippen LogP contribution in [-0.2, 0) is 4.79 Å². The smallest absolute Gasteiger partial charge is 0.330 e. The molecule has 11 heteroatoms. The molecule has 0 saturated heterocycles. The Morgan fingerprint density at radius 2 is 2.07 bits per heavy atom. The van der Waals surface area contributed by atoms with E-state index in [1.807, 2.05) is 0 Å². The molecule has 30 heavy (non-hydrogen) atoms. The summed E-state index contributed by atoms with van der Waals surface area (Å²) < 4.78 is 6.60. The highest BCUT2D eigenvalue weighted by Crippen LogP contribution is 2.41. The number of thioether (sulfide) groups is 1. The molecular weight excluding hydrogens is 408 g/mol. The lowest BCUT2D eigenvalue weighted by atomic mass is 10.3. The zero-order valence-corrected chi connectivity index (χ0v) is 17.3. The highest BCUT2D eigenvalue weighted by molar-refractivity contribution is 8.00. The molecule has 1 atom stereocenters. The quantitative estimate of drug-likeness (QED) is 0.450. The Labute approximate surface area is 174 Å².